The van der Waals surface area contributed by atoms with Gasteiger partial charge in [-0.25, -0.2) is 0 Å². The lowest BCUT2D eigenvalue weighted by molar-refractivity contribution is 0.669. The van der Waals surface area contributed by atoms with Crippen LogP contribution >= 0.6 is 11.6 Å². The van der Waals surface area contributed by atoms with Gasteiger partial charge in [-0.3, -0.25) is 0 Å². The van der Waals surface area contributed by atoms with Gasteiger partial charge in [0.05, 0.1) is 0 Å². The van der Waals surface area contributed by atoms with Crippen molar-refractivity contribution in [2.24, 2.45) is 0 Å². The first-order valence-electron chi connectivity index (χ1n) is 4.84. The van der Waals surface area contributed by atoms with E-state index in [1.165, 1.54) is 0 Å². The van der Waals surface area contributed by atoms with Gasteiger partial charge in [-0.05, 0) is 18.2 Å². The topological polar surface area (TPSA) is 13.1 Å². The predicted molar refractivity (Wildman–Crippen MR) is 66.9 cm³/mol. The van der Waals surface area contributed by atoms with Crippen molar-refractivity contribution in [2.45, 2.75) is 0 Å². The van der Waals surface area contributed by atoms with Crippen LogP contribution < -0.4 is 5.46 Å². The first kappa shape index (κ1) is 8.87. The Bertz CT molecular complexity index is 657. The molecule has 1 heterocycles. The number of halogens is 1. The minimum Gasteiger partial charge on any atom is -0.456 e. The molecule has 0 bridgehead atoms. The Labute approximate surface area is 93.0 Å². The van der Waals surface area contributed by atoms with E-state index in [9.17, 15) is 0 Å². The van der Waals surface area contributed by atoms with Crippen LogP contribution in [0.25, 0.3) is 21.9 Å². The third-order valence-corrected chi connectivity index (χ3v) is 3.15. The lowest BCUT2D eigenvalue weighted by atomic mass is 9.91. The average molecular weight is 214 g/mol. The van der Waals surface area contributed by atoms with E-state index in [0.29, 0.717) is 0 Å². The second kappa shape index (κ2) is 3.04. The standard InChI is InChI=1S/C12H8BClO/c13-12-8(14)5-6-10-11(12)7-3-1-2-4-9(7)15-10/h1-6H,13H2. The van der Waals surface area contributed by atoms with Crippen LogP contribution in [0, 0.1) is 0 Å². The van der Waals surface area contributed by atoms with Gasteiger partial charge in [-0.2, -0.15) is 0 Å². The number of para-hydroxylation sites is 1. The van der Waals surface area contributed by atoms with Gasteiger partial charge in [0.15, 0.2) is 0 Å². The monoisotopic (exact) mass is 214 g/mol. The highest BCUT2D eigenvalue weighted by atomic mass is 35.5. The minimum absolute atomic E-state index is 0.786. The minimum atomic E-state index is 0.786. The largest absolute Gasteiger partial charge is 0.456 e. The molecule has 0 radical (unpaired) electrons. The van der Waals surface area contributed by atoms with Crippen LogP contribution in [0.3, 0.4) is 0 Å². The Morgan fingerprint density at radius 3 is 2.67 bits per heavy atom. The second-order valence-corrected chi connectivity index (χ2v) is 4.05. The summed E-state index contributed by atoms with van der Waals surface area (Å²) in [5.41, 5.74) is 2.90. The summed E-state index contributed by atoms with van der Waals surface area (Å²) in [7, 11) is 2.02. The molecule has 0 saturated heterocycles. The highest BCUT2D eigenvalue weighted by Gasteiger charge is 2.09. The number of furan rings is 1. The van der Waals surface area contributed by atoms with Gasteiger partial charge >= 0.3 is 0 Å². The van der Waals surface area contributed by atoms with Crippen molar-refractivity contribution in [1.82, 2.24) is 0 Å². The van der Waals surface area contributed by atoms with Crippen LogP contribution in [0.2, 0.25) is 5.02 Å². The fourth-order valence-corrected chi connectivity index (χ4v) is 2.12. The van der Waals surface area contributed by atoms with Crippen LogP contribution in [0.5, 0.6) is 0 Å². The first-order valence-corrected chi connectivity index (χ1v) is 5.21. The number of benzene rings is 2. The molecule has 72 valence electrons. The van der Waals surface area contributed by atoms with E-state index < -0.39 is 0 Å². The molecule has 2 aromatic carbocycles. The Hall–Kier alpha value is -1.41. The quantitative estimate of drug-likeness (QED) is 0.524. The third kappa shape index (κ3) is 1.18. The van der Waals surface area contributed by atoms with Crippen LogP contribution in [0.15, 0.2) is 40.8 Å². The molecule has 0 spiro atoms. The molecule has 0 atom stereocenters. The molecule has 0 N–H and O–H groups in total. The molecule has 0 aliphatic carbocycles. The Balaban J connectivity index is 2.63. The summed E-state index contributed by atoms with van der Waals surface area (Å²) in [6.45, 7) is 0. The van der Waals surface area contributed by atoms with E-state index in [-0.39, 0.29) is 0 Å². The molecule has 0 amide bonds. The normalized spacial score (nSPS) is 11.3. The lowest BCUT2D eigenvalue weighted by Crippen LogP contribution is -2.04. The van der Waals surface area contributed by atoms with Crippen LogP contribution in [0.1, 0.15) is 0 Å². The van der Waals surface area contributed by atoms with E-state index in [1.807, 2.05) is 38.2 Å². The van der Waals surface area contributed by atoms with Crippen molar-refractivity contribution in [1.29, 1.82) is 0 Å². The zero-order valence-electron chi connectivity index (χ0n) is 8.25. The number of rotatable bonds is 0. The van der Waals surface area contributed by atoms with Crippen molar-refractivity contribution in [3.63, 3.8) is 0 Å². The molecule has 3 aromatic rings. The van der Waals surface area contributed by atoms with Crippen molar-refractivity contribution in [3.8, 4) is 0 Å². The van der Waals surface area contributed by atoms with E-state index in [4.69, 9.17) is 16.0 Å². The second-order valence-electron chi connectivity index (χ2n) is 3.64. The lowest BCUT2D eigenvalue weighted by Gasteiger charge is -1.98. The summed E-state index contributed by atoms with van der Waals surface area (Å²) in [4.78, 5) is 0. The molecule has 0 fully saturated rings. The van der Waals surface area contributed by atoms with Gasteiger partial charge in [0.2, 0.25) is 0 Å². The third-order valence-electron chi connectivity index (χ3n) is 2.74. The summed E-state index contributed by atoms with van der Waals surface area (Å²) in [6, 6.07) is 11.8. The molecule has 0 aliphatic rings. The van der Waals surface area contributed by atoms with Gasteiger partial charge in [-0.15, -0.1) is 0 Å². The SMILES string of the molecule is Bc1c(Cl)ccc2oc3ccccc3c12. The van der Waals surface area contributed by atoms with Gasteiger partial charge in [-0.1, -0.05) is 35.3 Å². The molecule has 15 heavy (non-hydrogen) atoms. The summed E-state index contributed by atoms with van der Waals surface area (Å²) in [6.07, 6.45) is 0. The van der Waals surface area contributed by atoms with Crippen LogP contribution in [-0.2, 0) is 0 Å². The van der Waals surface area contributed by atoms with Crippen molar-refractivity contribution in [3.05, 3.63) is 41.4 Å². The molecule has 3 heteroatoms. The number of fused-ring (bicyclic) bond motifs is 3. The van der Waals surface area contributed by atoms with Crippen LogP contribution in [-0.4, -0.2) is 7.85 Å². The summed E-state index contributed by atoms with van der Waals surface area (Å²) < 4.78 is 5.73. The first-order chi connectivity index (χ1) is 7.27. The fourth-order valence-electron chi connectivity index (χ4n) is 1.96. The maximum Gasteiger partial charge on any atom is 0.142 e. The number of hydrogen-bond acceptors (Lipinski definition) is 1. The fraction of sp³-hybridized carbons (Fsp3) is 0. The molecular formula is C12H8BClO. The highest BCUT2D eigenvalue weighted by molar-refractivity contribution is 6.50. The smallest absolute Gasteiger partial charge is 0.142 e. The van der Waals surface area contributed by atoms with E-state index in [1.54, 1.807) is 0 Å². The summed E-state index contributed by atoms with van der Waals surface area (Å²) >= 11 is 6.10. The molecule has 0 unspecified atom stereocenters. The Morgan fingerprint density at radius 1 is 1.00 bits per heavy atom. The van der Waals surface area contributed by atoms with E-state index in [0.717, 1.165) is 32.4 Å². The van der Waals surface area contributed by atoms with E-state index >= 15 is 0 Å². The van der Waals surface area contributed by atoms with Crippen molar-refractivity contribution < 1.29 is 4.42 Å². The van der Waals surface area contributed by atoms with Gasteiger partial charge in [0.25, 0.3) is 0 Å². The molecule has 0 saturated carbocycles. The maximum atomic E-state index is 6.10. The van der Waals surface area contributed by atoms with Crippen LogP contribution in [0.4, 0.5) is 0 Å². The number of hydrogen-bond donors (Lipinski definition) is 0. The van der Waals surface area contributed by atoms with Crippen molar-refractivity contribution in [2.75, 3.05) is 0 Å². The molecule has 3 rings (SSSR count). The van der Waals surface area contributed by atoms with Gasteiger partial charge in [0.1, 0.15) is 19.0 Å². The average Bonchev–Trinajstić information content (AvgIpc) is 2.62. The predicted octanol–water partition coefficient (Wildman–Crippen LogP) is 2.50. The summed E-state index contributed by atoms with van der Waals surface area (Å²) in [5, 5.41) is 3.04. The molecule has 1 aromatic heterocycles. The molecule has 0 aliphatic heterocycles. The zero-order chi connectivity index (χ0) is 10.4. The van der Waals surface area contributed by atoms with E-state index in [2.05, 4.69) is 6.07 Å². The zero-order valence-corrected chi connectivity index (χ0v) is 9.01. The van der Waals surface area contributed by atoms with Crippen molar-refractivity contribution >= 4 is 46.8 Å². The highest BCUT2D eigenvalue weighted by Crippen LogP contribution is 2.28. The van der Waals surface area contributed by atoms with Gasteiger partial charge < -0.3 is 4.42 Å². The Morgan fingerprint density at radius 2 is 1.80 bits per heavy atom. The maximum absolute atomic E-state index is 6.10. The molecule has 1 nitrogen and oxygen atoms in total. The molecular weight excluding hydrogens is 206 g/mol. The Kier molecular flexibility index (Phi) is 1.80. The summed E-state index contributed by atoms with van der Waals surface area (Å²) in [5.74, 6) is 0. The van der Waals surface area contributed by atoms with Gasteiger partial charge in [0, 0.05) is 15.8 Å².